The number of pyridine rings is 1. The average Bonchev–Trinajstić information content (AvgIpc) is 2.86. The van der Waals surface area contributed by atoms with Crippen molar-refractivity contribution >= 4 is 23.5 Å². The summed E-state index contributed by atoms with van der Waals surface area (Å²) in [5.41, 5.74) is 0.607. The molecule has 1 atom stereocenters. The van der Waals surface area contributed by atoms with E-state index in [0.717, 1.165) is 4.90 Å². The van der Waals surface area contributed by atoms with Gasteiger partial charge in [-0.25, -0.2) is 4.98 Å². The fourth-order valence-electron chi connectivity index (χ4n) is 2.55. The summed E-state index contributed by atoms with van der Waals surface area (Å²) in [5, 5.41) is 2.58. The molecule has 2 heterocycles. The van der Waals surface area contributed by atoms with Crippen molar-refractivity contribution in [2.45, 2.75) is 13.0 Å². The Morgan fingerprint density at radius 1 is 1.12 bits per heavy atom. The number of nitrogens with one attached hydrogen (secondary N) is 1. The molecule has 1 aliphatic rings. The minimum absolute atomic E-state index is 0.230. The first kappa shape index (κ1) is 15.7. The highest BCUT2D eigenvalue weighted by Crippen LogP contribution is 2.26. The van der Waals surface area contributed by atoms with E-state index in [2.05, 4.69) is 10.3 Å². The summed E-state index contributed by atoms with van der Waals surface area (Å²) in [5.74, 6) is -0.868. The van der Waals surface area contributed by atoms with Gasteiger partial charge in [0.2, 0.25) is 5.91 Å². The van der Waals surface area contributed by atoms with Gasteiger partial charge in [-0.2, -0.15) is 0 Å². The molecule has 1 aromatic heterocycles. The van der Waals surface area contributed by atoms with Crippen LogP contribution in [0.5, 0.6) is 5.75 Å². The minimum Gasteiger partial charge on any atom is -0.493 e. The third kappa shape index (κ3) is 2.50. The van der Waals surface area contributed by atoms with E-state index in [4.69, 9.17) is 4.74 Å². The molecule has 0 radical (unpaired) electrons. The topological polar surface area (TPSA) is 88.6 Å². The Kier molecular flexibility index (Phi) is 3.99. The zero-order valence-electron chi connectivity index (χ0n) is 13.1. The number of aromatic nitrogens is 1. The highest BCUT2D eigenvalue weighted by Gasteiger charge is 2.40. The summed E-state index contributed by atoms with van der Waals surface area (Å²) in [6.45, 7) is 1.49. The van der Waals surface area contributed by atoms with Gasteiger partial charge in [0, 0.05) is 6.20 Å². The number of nitrogens with zero attached hydrogens (tertiary/aromatic N) is 2. The van der Waals surface area contributed by atoms with Crippen LogP contribution in [0, 0.1) is 0 Å². The molecular weight excluding hydrogens is 310 g/mol. The molecule has 1 aromatic carbocycles. The van der Waals surface area contributed by atoms with Gasteiger partial charge >= 0.3 is 0 Å². The van der Waals surface area contributed by atoms with Crippen LogP contribution >= 0.6 is 0 Å². The predicted molar refractivity (Wildman–Crippen MR) is 85.8 cm³/mol. The maximum absolute atomic E-state index is 12.5. The maximum atomic E-state index is 12.5. The second-order valence-corrected chi connectivity index (χ2v) is 5.25. The molecule has 2 aromatic rings. The van der Waals surface area contributed by atoms with Crippen LogP contribution in [-0.4, -0.2) is 40.8 Å². The number of anilines is 1. The normalized spacial score (nSPS) is 14.3. The number of carbonyl (C=O) groups excluding carboxylic acids is 3. The predicted octanol–water partition coefficient (Wildman–Crippen LogP) is 1.71. The molecule has 7 nitrogen and oxygen atoms in total. The number of fused-ring (bicyclic) bond motifs is 1. The minimum atomic E-state index is -0.982. The van der Waals surface area contributed by atoms with Gasteiger partial charge in [-0.3, -0.25) is 19.3 Å². The number of hydrogen-bond acceptors (Lipinski definition) is 5. The highest BCUT2D eigenvalue weighted by atomic mass is 16.5. The number of hydrogen-bond donors (Lipinski definition) is 1. The molecule has 0 aliphatic carbocycles. The SMILES string of the molecule is COc1cccnc1NC(=O)C(C)N1C(=O)c2ccccc2C1=O. The first-order valence-electron chi connectivity index (χ1n) is 7.31. The molecule has 0 saturated carbocycles. The second kappa shape index (κ2) is 6.11. The van der Waals surface area contributed by atoms with Crippen LogP contribution in [0.25, 0.3) is 0 Å². The molecule has 122 valence electrons. The van der Waals surface area contributed by atoms with Crippen molar-refractivity contribution in [3.63, 3.8) is 0 Å². The fourth-order valence-corrected chi connectivity index (χ4v) is 2.55. The summed E-state index contributed by atoms with van der Waals surface area (Å²) in [6.07, 6.45) is 1.50. The van der Waals surface area contributed by atoms with Gasteiger partial charge in [0.15, 0.2) is 11.6 Å². The van der Waals surface area contributed by atoms with Gasteiger partial charge < -0.3 is 10.1 Å². The van der Waals surface area contributed by atoms with Crippen molar-refractivity contribution in [3.8, 4) is 5.75 Å². The van der Waals surface area contributed by atoms with E-state index in [-0.39, 0.29) is 5.82 Å². The van der Waals surface area contributed by atoms with E-state index in [1.54, 1.807) is 36.4 Å². The molecule has 24 heavy (non-hydrogen) atoms. The summed E-state index contributed by atoms with van der Waals surface area (Å²) >= 11 is 0. The lowest BCUT2D eigenvalue weighted by Gasteiger charge is -2.21. The summed E-state index contributed by atoms with van der Waals surface area (Å²) < 4.78 is 5.12. The standard InChI is InChI=1S/C17H15N3O4/c1-10(15(21)19-14-13(24-2)8-5-9-18-14)20-16(22)11-6-3-4-7-12(11)17(20)23/h3-10H,1-2H3,(H,18,19,21). The zero-order valence-corrected chi connectivity index (χ0v) is 13.1. The highest BCUT2D eigenvalue weighted by molar-refractivity contribution is 6.23. The maximum Gasteiger partial charge on any atom is 0.262 e. The van der Waals surface area contributed by atoms with E-state index in [9.17, 15) is 14.4 Å². The monoisotopic (exact) mass is 325 g/mol. The van der Waals surface area contributed by atoms with E-state index >= 15 is 0 Å². The molecule has 3 amide bonds. The van der Waals surface area contributed by atoms with Gasteiger partial charge in [-0.05, 0) is 31.2 Å². The number of amides is 3. The van der Waals surface area contributed by atoms with Crippen LogP contribution in [0.2, 0.25) is 0 Å². The van der Waals surface area contributed by atoms with Crippen molar-refractivity contribution < 1.29 is 19.1 Å². The van der Waals surface area contributed by atoms with Crippen LogP contribution in [0.1, 0.15) is 27.6 Å². The number of rotatable bonds is 4. The van der Waals surface area contributed by atoms with E-state index in [0.29, 0.717) is 16.9 Å². The first-order valence-corrected chi connectivity index (χ1v) is 7.31. The smallest absolute Gasteiger partial charge is 0.262 e. The molecule has 1 unspecified atom stereocenters. The van der Waals surface area contributed by atoms with E-state index < -0.39 is 23.8 Å². The molecule has 3 rings (SSSR count). The van der Waals surface area contributed by atoms with E-state index in [1.807, 2.05) is 0 Å². The molecule has 0 saturated heterocycles. The number of imide groups is 1. The summed E-state index contributed by atoms with van der Waals surface area (Å²) in [7, 11) is 1.46. The van der Waals surface area contributed by atoms with Crippen molar-refractivity contribution in [2.75, 3.05) is 12.4 Å². The van der Waals surface area contributed by atoms with Crippen molar-refractivity contribution in [1.82, 2.24) is 9.88 Å². The van der Waals surface area contributed by atoms with Crippen LogP contribution in [-0.2, 0) is 4.79 Å². The lowest BCUT2D eigenvalue weighted by Crippen LogP contribution is -2.45. The largest absolute Gasteiger partial charge is 0.493 e. The van der Waals surface area contributed by atoms with Crippen LogP contribution in [0.4, 0.5) is 5.82 Å². The lowest BCUT2D eigenvalue weighted by molar-refractivity contribution is -0.119. The molecule has 1 aliphatic heterocycles. The lowest BCUT2D eigenvalue weighted by atomic mass is 10.1. The van der Waals surface area contributed by atoms with Crippen molar-refractivity contribution in [3.05, 3.63) is 53.7 Å². The zero-order chi connectivity index (χ0) is 17.3. The average molecular weight is 325 g/mol. The van der Waals surface area contributed by atoms with Crippen LogP contribution in [0.15, 0.2) is 42.6 Å². The van der Waals surface area contributed by atoms with Crippen molar-refractivity contribution in [2.24, 2.45) is 0 Å². The van der Waals surface area contributed by atoms with Crippen LogP contribution < -0.4 is 10.1 Å². The van der Waals surface area contributed by atoms with E-state index in [1.165, 1.54) is 20.2 Å². The Morgan fingerprint density at radius 3 is 2.33 bits per heavy atom. The molecular formula is C17H15N3O4. The van der Waals surface area contributed by atoms with Gasteiger partial charge in [0.05, 0.1) is 18.2 Å². The fraction of sp³-hybridized carbons (Fsp3) is 0.176. The number of ether oxygens (including phenoxy) is 1. The van der Waals surface area contributed by atoms with Crippen molar-refractivity contribution in [1.29, 1.82) is 0 Å². The van der Waals surface area contributed by atoms with Gasteiger partial charge in [0.1, 0.15) is 6.04 Å². The third-order valence-corrected chi connectivity index (χ3v) is 3.82. The Bertz CT molecular complexity index is 799. The molecule has 1 N–H and O–H groups in total. The quantitative estimate of drug-likeness (QED) is 0.865. The summed E-state index contributed by atoms with van der Waals surface area (Å²) in [4.78, 5) is 42.3. The Morgan fingerprint density at radius 2 is 1.75 bits per heavy atom. The number of carbonyl (C=O) groups is 3. The Hall–Kier alpha value is -3.22. The molecule has 0 fully saturated rings. The second-order valence-electron chi connectivity index (χ2n) is 5.25. The Balaban J connectivity index is 1.82. The van der Waals surface area contributed by atoms with Gasteiger partial charge in [0.25, 0.3) is 11.8 Å². The molecule has 0 bridgehead atoms. The number of benzene rings is 1. The van der Waals surface area contributed by atoms with Gasteiger partial charge in [-0.1, -0.05) is 12.1 Å². The number of methoxy groups -OCH3 is 1. The molecule has 0 spiro atoms. The first-order chi connectivity index (χ1) is 11.5. The molecule has 7 heteroatoms. The Labute approximate surface area is 138 Å². The van der Waals surface area contributed by atoms with Gasteiger partial charge in [-0.15, -0.1) is 0 Å². The third-order valence-electron chi connectivity index (χ3n) is 3.82. The summed E-state index contributed by atoms with van der Waals surface area (Å²) in [6, 6.07) is 8.83. The van der Waals surface area contributed by atoms with Crippen LogP contribution in [0.3, 0.4) is 0 Å².